The first-order valence-corrected chi connectivity index (χ1v) is 3.52. The second kappa shape index (κ2) is 1.87. The molecule has 0 aromatic carbocycles. The van der Waals surface area contributed by atoms with Crippen LogP contribution in [0.2, 0.25) is 0 Å². The molecule has 0 amide bonds. The van der Waals surface area contributed by atoms with Gasteiger partial charge in [-0.1, -0.05) is 30.4 Å². The Balaban J connectivity index is 2.33. The Labute approximate surface area is 55.6 Å². The maximum atomic E-state index is 2.34. The molecule has 46 valence electrons. The highest BCUT2D eigenvalue weighted by atomic mass is 14.2. The number of hydrogen-bond acceptors (Lipinski definition) is 0. The van der Waals surface area contributed by atoms with Gasteiger partial charge in [0.05, 0.1) is 0 Å². The highest BCUT2D eigenvalue weighted by Crippen LogP contribution is 2.29. The van der Waals surface area contributed by atoms with Crippen LogP contribution in [0.1, 0.15) is 12.8 Å². The maximum absolute atomic E-state index is 2.34. The molecular formula is C9H10. The third kappa shape index (κ3) is 0.748. The van der Waals surface area contributed by atoms with Gasteiger partial charge in [0.15, 0.2) is 0 Å². The molecule has 1 unspecified atom stereocenters. The van der Waals surface area contributed by atoms with E-state index in [0.29, 0.717) is 0 Å². The molecule has 0 N–H and O–H groups in total. The van der Waals surface area contributed by atoms with Gasteiger partial charge in [-0.05, 0) is 18.4 Å². The molecule has 2 aliphatic carbocycles. The number of rotatable bonds is 0. The largest absolute Gasteiger partial charge is 0.0807 e. The van der Waals surface area contributed by atoms with Gasteiger partial charge < -0.3 is 0 Å². The van der Waals surface area contributed by atoms with Crippen molar-refractivity contribution in [3.8, 4) is 0 Å². The van der Waals surface area contributed by atoms with Crippen LogP contribution < -0.4 is 0 Å². The van der Waals surface area contributed by atoms with Crippen molar-refractivity contribution in [1.29, 1.82) is 0 Å². The third-order valence-electron chi connectivity index (χ3n) is 2.03. The highest BCUT2D eigenvalue weighted by molar-refractivity contribution is 5.35. The second-order valence-electron chi connectivity index (χ2n) is 2.63. The predicted molar refractivity (Wildman–Crippen MR) is 39.1 cm³/mol. The van der Waals surface area contributed by atoms with Crippen LogP contribution in [0, 0.1) is 5.92 Å². The van der Waals surface area contributed by atoms with Crippen LogP contribution in [0.15, 0.2) is 36.0 Å². The first-order valence-electron chi connectivity index (χ1n) is 3.52. The molecule has 2 aliphatic rings. The van der Waals surface area contributed by atoms with Crippen molar-refractivity contribution < 1.29 is 0 Å². The Morgan fingerprint density at radius 3 is 3.22 bits per heavy atom. The van der Waals surface area contributed by atoms with E-state index in [2.05, 4.69) is 30.4 Å². The van der Waals surface area contributed by atoms with Crippen LogP contribution in [-0.2, 0) is 0 Å². The SMILES string of the molecule is C1=CC2=CCCC2C=C1. The summed E-state index contributed by atoms with van der Waals surface area (Å²) in [5.74, 6) is 0.759. The Morgan fingerprint density at radius 1 is 1.33 bits per heavy atom. The first kappa shape index (κ1) is 5.04. The first-order chi connectivity index (χ1) is 4.47. The molecule has 0 spiro atoms. The van der Waals surface area contributed by atoms with E-state index in [4.69, 9.17) is 0 Å². The van der Waals surface area contributed by atoms with Gasteiger partial charge in [-0.25, -0.2) is 0 Å². The highest BCUT2D eigenvalue weighted by Gasteiger charge is 2.14. The minimum atomic E-state index is 0.759. The zero-order valence-corrected chi connectivity index (χ0v) is 5.38. The van der Waals surface area contributed by atoms with Crippen molar-refractivity contribution in [1.82, 2.24) is 0 Å². The molecule has 9 heavy (non-hydrogen) atoms. The molecule has 0 bridgehead atoms. The molecule has 0 saturated heterocycles. The summed E-state index contributed by atoms with van der Waals surface area (Å²) in [6.07, 6.45) is 13.7. The van der Waals surface area contributed by atoms with Gasteiger partial charge in [0.1, 0.15) is 0 Å². The van der Waals surface area contributed by atoms with Gasteiger partial charge in [0, 0.05) is 5.92 Å². The van der Waals surface area contributed by atoms with E-state index in [9.17, 15) is 0 Å². The molecule has 0 aromatic rings. The van der Waals surface area contributed by atoms with Gasteiger partial charge in [-0.2, -0.15) is 0 Å². The van der Waals surface area contributed by atoms with Crippen molar-refractivity contribution in [2.24, 2.45) is 5.92 Å². The van der Waals surface area contributed by atoms with Crippen LogP contribution in [0.5, 0.6) is 0 Å². The van der Waals surface area contributed by atoms with Crippen LogP contribution in [-0.4, -0.2) is 0 Å². The summed E-state index contributed by atoms with van der Waals surface area (Å²) < 4.78 is 0. The van der Waals surface area contributed by atoms with Gasteiger partial charge in [-0.3, -0.25) is 0 Å². The Hall–Kier alpha value is -0.780. The number of fused-ring (bicyclic) bond motifs is 1. The van der Waals surface area contributed by atoms with Gasteiger partial charge in [0.25, 0.3) is 0 Å². The van der Waals surface area contributed by atoms with Crippen molar-refractivity contribution in [2.75, 3.05) is 0 Å². The number of hydrogen-bond donors (Lipinski definition) is 0. The lowest BCUT2D eigenvalue weighted by molar-refractivity contribution is 0.749. The van der Waals surface area contributed by atoms with Gasteiger partial charge in [-0.15, -0.1) is 0 Å². The molecule has 0 nitrogen and oxygen atoms in total. The van der Waals surface area contributed by atoms with Crippen molar-refractivity contribution >= 4 is 0 Å². The summed E-state index contributed by atoms with van der Waals surface area (Å²) in [7, 11) is 0. The van der Waals surface area contributed by atoms with Crippen molar-refractivity contribution in [3.63, 3.8) is 0 Å². The molecule has 0 aliphatic heterocycles. The fraction of sp³-hybridized carbons (Fsp3) is 0.333. The quantitative estimate of drug-likeness (QED) is 0.458. The Morgan fingerprint density at radius 2 is 2.33 bits per heavy atom. The van der Waals surface area contributed by atoms with E-state index in [0.717, 1.165) is 5.92 Å². The lowest BCUT2D eigenvalue weighted by atomic mass is 9.97. The van der Waals surface area contributed by atoms with E-state index in [-0.39, 0.29) is 0 Å². The molecule has 0 aromatic heterocycles. The normalized spacial score (nSPS) is 30.2. The Kier molecular flexibility index (Phi) is 1.05. The molecular weight excluding hydrogens is 108 g/mol. The van der Waals surface area contributed by atoms with Crippen LogP contribution in [0.4, 0.5) is 0 Å². The lowest BCUT2D eigenvalue weighted by Crippen LogP contribution is -1.94. The average Bonchev–Trinajstić information content (AvgIpc) is 2.33. The molecule has 0 heterocycles. The molecule has 2 rings (SSSR count). The summed E-state index contributed by atoms with van der Waals surface area (Å²) in [6.45, 7) is 0. The van der Waals surface area contributed by atoms with Crippen molar-refractivity contribution in [2.45, 2.75) is 12.8 Å². The third-order valence-corrected chi connectivity index (χ3v) is 2.03. The molecule has 0 radical (unpaired) electrons. The van der Waals surface area contributed by atoms with Crippen LogP contribution >= 0.6 is 0 Å². The Bertz CT molecular complexity index is 191. The van der Waals surface area contributed by atoms with Crippen LogP contribution in [0.25, 0.3) is 0 Å². The summed E-state index contributed by atoms with van der Waals surface area (Å²) in [4.78, 5) is 0. The fourth-order valence-electron chi connectivity index (χ4n) is 1.51. The smallest absolute Gasteiger partial charge is 0.00208 e. The minimum Gasteiger partial charge on any atom is -0.0807 e. The zero-order valence-electron chi connectivity index (χ0n) is 5.38. The second-order valence-corrected chi connectivity index (χ2v) is 2.63. The van der Waals surface area contributed by atoms with Gasteiger partial charge >= 0.3 is 0 Å². The molecule has 1 atom stereocenters. The van der Waals surface area contributed by atoms with E-state index in [1.807, 2.05) is 0 Å². The maximum Gasteiger partial charge on any atom is 0.00208 e. The zero-order chi connectivity index (χ0) is 6.10. The van der Waals surface area contributed by atoms with E-state index < -0.39 is 0 Å². The monoisotopic (exact) mass is 118 g/mol. The number of allylic oxidation sites excluding steroid dienone is 6. The molecule has 0 saturated carbocycles. The summed E-state index contributed by atoms with van der Waals surface area (Å²) in [5, 5.41) is 0. The molecule has 0 heteroatoms. The summed E-state index contributed by atoms with van der Waals surface area (Å²) >= 11 is 0. The van der Waals surface area contributed by atoms with Crippen molar-refractivity contribution in [3.05, 3.63) is 36.0 Å². The van der Waals surface area contributed by atoms with Gasteiger partial charge in [0.2, 0.25) is 0 Å². The van der Waals surface area contributed by atoms with E-state index >= 15 is 0 Å². The average molecular weight is 118 g/mol. The van der Waals surface area contributed by atoms with E-state index in [1.165, 1.54) is 18.4 Å². The topological polar surface area (TPSA) is 0 Å². The van der Waals surface area contributed by atoms with Crippen LogP contribution in [0.3, 0.4) is 0 Å². The standard InChI is InChI=1S/C9H10/c1-2-5-9-7-3-6-8(9)4-1/h1-2,4-6,9H,3,7H2. The molecule has 0 fully saturated rings. The summed E-state index contributed by atoms with van der Waals surface area (Å²) in [5.41, 5.74) is 1.53. The predicted octanol–water partition coefficient (Wildman–Crippen LogP) is 2.45. The minimum absolute atomic E-state index is 0.759. The fourth-order valence-corrected chi connectivity index (χ4v) is 1.51. The summed E-state index contributed by atoms with van der Waals surface area (Å²) in [6, 6.07) is 0. The van der Waals surface area contributed by atoms with E-state index in [1.54, 1.807) is 0 Å². The lowest BCUT2D eigenvalue weighted by Gasteiger charge is -2.07.